The molecule has 2 rings (SSSR count). The van der Waals surface area contributed by atoms with Crippen LogP contribution < -0.4 is 0 Å². The molecule has 19 heavy (non-hydrogen) atoms. The first-order valence-corrected chi connectivity index (χ1v) is 6.35. The third kappa shape index (κ3) is 3.00. The zero-order valence-electron chi connectivity index (χ0n) is 9.78. The lowest BCUT2D eigenvalue weighted by Gasteiger charge is -2.06. The van der Waals surface area contributed by atoms with Crippen molar-refractivity contribution in [1.82, 2.24) is 4.98 Å². The molecule has 0 unspecified atom stereocenters. The monoisotopic (exact) mass is 315 g/mol. The molecular formula is C13H8Cl3NO2. The first kappa shape index (κ1) is 14.1. The minimum absolute atomic E-state index is 0.232. The van der Waals surface area contributed by atoms with Gasteiger partial charge in [-0.3, -0.25) is 4.98 Å². The molecule has 1 heterocycles. The minimum Gasteiger partial charge on any atom is -0.465 e. The number of esters is 1. The van der Waals surface area contributed by atoms with Gasteiger partial charge in [0.2, 0.25) is 0 Å². The highest BCUT2D eigenvalue weighted by molar-refractivity contribution is 6.42. The van der Waals surface area contributed by atoms with E-state index in [-0.39, 0.29) is 10.6 Å². The van der Waals surface area contributed by atoms with Crippen LogP contribution in [0.4, 0.5) is 0 Å². The zero-order chi connectivity index (χ0) is 14.0. The lowest BCUT2D eigenvalue weighted by molar-refractivity contribution is 0.0601. The van der Waals surface area contributed by atoms with Crippen molar-refractivity contribution in [1.29, 1.82) is 0 Å². The van der Waals surface area contributed by atoms with Crippen LogP contribution in [-0.2, 0) is 4.74 Å². The Balaban J connectivity index is 2.51. The molecule has 1 aromatic carbocycles. The van der Waals surface area contributed by atoms with Gasteiger partial charge in [0, 0.05) is 11.8 Å². The molecule has 0 bridgehead atoms. The number of nitrogens with zero attached hydrogens (tertiary/aromatic N) is 1. The fourth-order valence-corrected chi connectivity index (χ4v) is 2.00. The van der Waals surface area contributed by atoms with Gasteiger partial charge in [0.05, 0.1) is 33.4 Å². The molecule has 98 valence electrons. The lowest BCUT2D eigenvalue weighted by atomic mass is 10.1. The maximum Gasteiger partial charge on any atom is 0.339 e. The number of ether oxygens (including phenoxy) is 1. The number of benzene rings is 1. The van der Waals surface area contributed by atoms with E-state index in [9.17, 15) is 4.79 Å². The van der Waals surface area contributed by atoms with Crippen LogP contribution in [0.25, 0.3) is 11.3 Å². The standard InChI is InChI=1S/C13H8Cl3NO2/c1-19-13(18)8-5-12(17-6-11(8)16)7-2-3-9(14)10(15)4-7/h2-6H,1H3. The highest BCUT2D eigenvalue weighted by atomic mass is 35.5. The molecule has 0 aliphatic heterocycles. The summed E-state index contributed by atoms with van der Waals surface area (Å²) in [5.74, 6) is -0.520. The number of pyridine rings is 1. The molecule has 0 amide bonds. The molecule has 1 aromatic heterocycles. The molecule has 0 aliphatic rings. The molecule has 0 atom stereocenters. The summed E-state index contributed by atoms with van der Waals surface area (Å²) in [7, 11) is 1.29. The van der Waals surface area contributed by atoms with Gasteiger partial charge in [-0.15, -0.1) is 0 Å². The highest BCUT2D eigenvalue weighted by Crippen LogP contribution is 2.29. The van der Waals surface area contributed by atoms with E-state index in [1.807, 2.05) is 0 Å². The number of halogens is 3. The average Bonchev–Trinajstić information content (AvgIpc) is 2.41. The van der Waals surface area contributed by atoms with E-state index in [0.29, 0.717) is 15.7 Å². The Hall–Kier alpha value is -1.29. The van der Waals surface area contributed by atoms with E-state index in [4.69, 9.17) is 34.8 Å². The van der Waals surface area contributed by atoms with Crippen LogP contribution in [0, 0.1) is 0 Å². The average molecular weight is 317 g/mol. The van der Waals surface area contributed by atoms with Gasteiger partial charge in [-0.05, 0) is 18.2 Å². The van der Waals surface area contributed by atoms with E-state index in [1.165, 1.54) is 13.3 Å². The van der Waals surface area contributed by atoms with Crippen LogP contribution >= 0.6 is 34.8 Å². The second-order valence-corrected chi connectivity index (χ2v) is 4.89. The molecule has 2 aromatic rings. The second kappa shape index (κ2) is 5.78. The Morgan fingerprint density at radius 3 is 2.47 bits per heavy atom. The normalized spacial score (nSPS) is 10.3. The number of carbonyl (C=O) groups excluding carboxylic acids is 1. The van der Waals surface area contributed by atoms with Gasteiger partial charge in [-0.2, -0.15) is 0 Å². The largest absolute Gasteiger partial charge is 0.465 e. The third-order valence-corrected chi connectivity index (χ3v) is 3.52. The smallest absolute Gasteiger partial charge is 0.339 e. The van der Waals surface area contributed by atoms with Crippen molar-refractivity contribution < 1.29 is 9.53 Å². The summed E-state index contributed by atoms with van der Waals surface area (Å²) in [4.78, 5) is 15.7. The van der Waals surface area contributed by atoms with Crippen molar-refractivity contribution in [3.63, 3.8) is 0 Å². The Morgan fingerprint density at radius 1 is 1.11 bits per heavy atom. The van der Waals surface area contributed by atoms with E-state index in [0.717, 1.165) is 5.56 Å². The van der Waals surface area contributed by atoms with Crippen molar-refractivity contribution in [2.75, 3.05) is 7.11 Å². The van der Waals surface area contributed by atoms with Crippen LogP contribution in [-0.4, -0.2) is 18.1 Å². The molecule has 0 saturated heterocycles. The first-order chi connectivity index (χ1) is 9.02. The Labute approximate surface area is 125 Å². The molecular weight excluding hydrogens is 309 g/mol. The van der Waals surface area contributed by atoms with Gasteiger partial charge >= 0.3 is 5.97 Å². The van der Waals surface area contributed by atoms with Crippen LogP contribution in [0.5, 0.6) is 0 Å². The van der Waals surface area contributed by atoms with Crippen LogP contribution in [0.2, 0.25) is 15.1 Å². The number of rotatable bonds is 2. The number of aromatic nitrogens is 1. The summed E-state index contributed by atoms with van der Waals surface area (Å²) in [6.07, 6.45) is 1.39. The SMILES string of the molecule is COC(=O)c1cc(-c2ccc(Cl)c(Cl)c2)ncc1Cl. The molecule has 0 spiro atoms. The van der Waals surface area contributed by atoms with E-state index < -0.39 is 5.97 Å². The van der Waals surface area contributed by atoms with Crippen LogP contribution in [0.15, 0.2) is 30.5 Å². The predicted octanol–water partition coefficient (Wildman–Crippen LogP) is 4.50. The number of hydrogen-bond donors (Lipinski definition) is 0. The van der Waals surface area contributed by atoms with Gasteiger partial charge in [-0.25, -0.2) is 4.79 Å². The summed E-state index contributed by atoms with van der Waals surface area (Å²) in [5, 5.41) is 1.10. The molecule has 3 nitrogen and oxygen atoms in total. The Morgan fingerprint density at radius 2 is 1.84 bits per heavy atom. The zero-order valence-corrected chi connectivity index (χ0v) is 12.1. The van der Waals surface area contributed by atoms with Crippen molar-refractivity contribution in [3.8, 4) is 11.3 Å². The molecule has 6 heteroatoms. The topological polar surface area (TPSA) is 39.2 Å². The number of carbonyl (C=O) groups is 1. The molecule has 0 saturated carbocycles. The molecule has 0 fully saturated rings. The summed E-state index contributed by atoms with van der Waals surface area (Å²) in [6.45, 7) is 0. The fraction of sp³-hybridized carbons (Fsp3) is 0.0769. The molecule has 0 aliphatic carbocycles. The maximum absolute atomic E-state index is 11.6. The summed E-state index contributed by atoms with van der Waals surface area (Å²) in [6, 6.07) is 6.63. The van der Waals surface area contributed by atoms with E-state index in [1.54, 1.807) is 24.3 Å². The van der Waals surface area contributed by atoms with Crippen molar-refractivity contribution in [2.24, 2.45) is 0 Å². The number of methoxy groups -OCH3 is 1. The number of hydrogen-bond acceptors (Lipinski definition) is 3. The first-order valence-electron chi connectivity index (χ1n) is 5.22. The van der Waals surface area contributed by atoms with Crippen LogP contribution in [0.1, 0.15) is 10.4 Å². The van der Waals surface area contributed by atoms with Crippen molar-refractivity contribution in [2.45, 2.75) is 0 Å². The lowest BCUT2D eigenvalue weighted by Crippen LogP contribution is -2.03. The third-order valence-electron chi connectivity index (χ3n) is 2.48. The van der Waals surface area contributed by atoms with Gasteiger partial charge in [-0.1, -0.05) is 40.9 Å². The molecule has 0 radical (unpaired) electrons. The van der Waals surface area contributed by atoms with E-state index in [2.05, 4.69) is 9.72 Å². The van der Waals surface area contributed by atoms with Crippen molar-refractivity contribution in [3.05, 3.63) is 51.1 Å². The quantitative estimate of drug-likeness (QED) is 0.766. The Bertz CT molecular complexity index is 644. The predicted molar refractivity (Wildman–Crippen MR) is 76.0 cm³/mol. The van der Waals surface area contributed by atoms with Gasteiger partial charge in [0.1, 0.15) is 0 Å². The Kier molecular flexibility index (Phi) is 4.30. The van der Waals surface area contributed by atoms with E-state index >= 15 is 0 Å². The van der Waals surface area contributed by atoms with Gasteiger partial charge in [0.25, 0.3) is 0 Å². The fourth-order valence-electron chi connectivity index (χ4n) is 1.52. The summed E-state index contributed by atoms with van der Waals surface area (Å²) < 4.78 is 4.65. The summed E-state index contributed by atoms with van der Waals surface area (Å²) in [5.41, 5.74) is 1.54. The minimum atomic E-state index is -0.520. The molecule has 0 N–H and O–H groups in total. The maximum atomic E-state index is 11.6. The summed E-state index contributed by atoms with van der Waals surface area (Å²) >= 11 is 17.7. The van der Waals surface area contributed by atoms with Crippen LogP contribution in [0.3, 0.4) is 0 Å². The van der Waals surface area contributed by atoms with Gasteiger partial charge < -0.3 is 4.74 Å². The van der Waals surface area contributed by atoms with Crippen molar-refractivity contribution >= 4 is 40.8 Å². The second-order valence-electron chi connectivity index (χ2n) is 3.67. The highest BCUT2D eigenvalue weighted by Gasteiger charge is 2.13. The van der Waals surface area contributed by atoms with Gasteiger partial charge in [0.15, 0.2) is 0 Å².